The first-order valence-electron chi connectivity index (χ1n) is 9.75. The molecule has 33 heavy (non-hydrogen) atoms. The van der Waals surface area contributed by atoms with E-state index in [1.807, 2.05) is 0 Å². The Kier molecular flexibility index (Phi) is 6.14. The summed E-state index contributed by atoms with van der Waals surface area (Å²) >= 11 is 0. The van der Waals surface area contributed by atoms with Crippen molar-refractivity contribution in [2.24, 2.45) is 0 Å². The molecule has 0 bridgehead atoms. The highest BCUT2D eigenvalue weighted by molar-refractivity contribution is 6.05. The maximum Gasteiger partial charge on any atom is 0.434 e. The van der Waals surface area contributed by atoms with Crippen LogP contribution in [0.25, 0.3) is 5.82 Å². The molecule has 1 aromatic carbocycles. The Morgan fingerprint density at radius 2 is 1.91 bits per heavy atom. The number of ether oxygens (including phenoxy) is 2. The van der Waals surface area contributed by atoms with E-state index in [2.05, 4.69) is 20.6 Å². The van der Waals surface area contributed by atoms with E-state index in [-0.39, 0.29) is 17.4 Å². The third-order valence-corrected chi connectivity index (χ3v) is 4.89. The minimum atomic E-state index is -4.93. The van der Waals surface area contributed by atoms with Gasteiger partial charge in [-0.25, -0.2) is 9.07 Å². The zero-order chi connectivity index (χ0) is 23.6. The molecule has 0 unspecified atom stereocenters. The van der Waals surface area contributed by atoms with E-state index in [1.165, 1.54) is 31.4 Å². The SMILES string of the molecule is COc1ccc(-n2ncc(C(=O)Nc3ccc(N4CCOCC4)c(F)c3)c2C(F)(F)F)nn1. The topological polar surface area (TPSA) is 94.4 Å². The molecule has 0 saturated carbocycles. The molecule has 1 fully saturated rings. The van der Waals surface area contributed by atoms with Crippen molar-refractivity contribution >= 4 is 17.3 Å². The number of carbonyl (C=O) groups excluding carboxylic acids is 1. The normalized spacial score (nSPS) is 14.3. The van der Waals surface area contributed by atoms with Crippen LogP contribution in [0.15, 0.2) is 36.5 Å². The Bertz CT molecular complexity index is 1140. The highest BCUT2D eigenvalue weighted by atomic mass is 19.4. The summed E-state index contributed by atoms with van der Waals surface area (Å²) in [6.45, 7) is 1.93. The summed E-state index contributed by atoms with van der Waals surface area (Å²) in [4.78, 5) is 14.4. The van der Waals surface area contributed by atoms with E-state index in [0.29, 0.717) is 36.7 Å². The number of halogens is 4. The second-order valence-corrected chi connectivity index (χ2v) is 6.97. The van der Waals surface area contributed by atoms with E-state index in [9.17, 15) is 22.4 Å². The monoisotopic (exact) mass is 466 g/mol. The Balaban J connectivity index is 1.60. The fourth-order valence-electron chi connectivity index (χ4n) is 3.34. The molecule has 1 amide bonds. The summed E-state index contributed by atoms with van der Waals surface area (Å²) in [6.07, 6.45) is -4.17. The number of nitrogens with one attached hydrogen (secondary N) is 1. The number of nitrogens with zero attached hydrogens (tertiary/aromatic N) is 5. The van der Waals surface area contributed by atoms with Crippen LogP contribution in [-0.2, 0) is 10.9 Å². The van der Waals surface area contributed by atoms with Gasteiger partial charge in [0, 0.05) is 24.8 Å². The number of aromatic nitrogens is 4. The van der Waals surface area contributed by atoms with Gasteiger partial charge in [-0.05, 0) is 24.3 Å². The van der Waals surface area contributed by atoms with Crippen LogP contribution < -0.4 is 15.0 Å². The summed E-state index contributed by atoms with van der Waals surface area (Å²) in [5.74, 6) is -1.88. The maximum absolute atomic E-state index is 14.6. The highest BCUT2D eigenvalue weighted by Gasteiger charge is 2.41. The van der Waals surface area contributed by atoms with Crippen molar-refractivity contribution < 1.29 is 31.8 Å². The number of methoxy groups -OCH3 is 1. The molecule has 4 rings (SSSR count). The van der Waals surface area contributed by atoms with Crippen molar-refractivity contribution in [3.8, 4) is 11.7 Å². The first-order chi connectivity index (χ1) is 15.8. The molecule has 0 spiro atoms. The number of rotatable bonds is 5. The third kappa shape index (κ3) is 4.72. The van der Waals surface area contributed by atoms with Gasteiger partial charge in [0.1, 0.15) is 5.82 Å². The minimum absolute atomic E-state index is 0.000349. The standard InChI is InChI=1S/C20H18F4N6O3/c1-32-17-5-4-16(27-28-17)30-18(20(22,23)24)13(11-25-30)19(31)26-12-2-3-15(14(21)10-12)29-6-8-33-9-7-29/h2-5,10-11H,6-9H2,1H3,(H,26,31). The van der Waals surface area contributed by atoms with Gasteiger partial charge in [0.15, 0.2) is 11.5 Å². The maximum atomic E-state index is 14.6. The number of morpholine rings is 1. The van der Waals surface area contributed by atoms with E-state index in [4.69, 9.17) is 9.47 Å². The van der Waals surface area contributed by atoms with Crippen LogP contribution in [0, 0.1) is 5.82 Å². The number of hydrogen-bond donors (Lipinski definition) is 1. The molecule has 1 saturated heterocycles. The first kappa shape index (κ1) is 22.5. The molecular formula is C20H18F4N6O3. The molecule has 2 aromatic heterocycles. The molecule has 13 heteroatoms. The molecule has 0 radical (unpaired) electrons. The second-order valence-electron chi connectivity index (χ2n) is 6.97. The van der Waals surface area contributed by atoms with Crippen LogP contribution in [0.2, 0.25) is 0 Å². The van der Waals surface area contributed by atoms with Gasteiger partial charge >= 0.3 is 6.18 Å². The fourth-order valence-corrected chi connectivity index (χ4v) is 3.34. The summed E-state index contributed by atoms with van der Waals surface area (Å²) in [7, 11) is 1.33. The Hall–Kier alpha value is -3.74. The lowest BCUT2D eigenvalue weighted by molar-refractivity contribution is -0.143. The number of alkyl halides is 3. The first-order valence-corrected chi connectivity index (χ1v) is 9.75. The molecular weight excluding hydrogens is 448 g/mol. The second kappa shape index (κ2) is 9.02. The van der Waals surface area contributed by atoms with Gasteiger partial charge in [-0.2, -0.15) is 18.3 Å². The molecule has 1 N–H and O–H groups in total. The van der Waals surface area contributed by atoms with Gasteiger partial charge in [-0.1, -0.05) is 0 Å². The molecule has 0 atom stereocenters. The van der Waals surface area contributed by atoms with Gasteiger partial charge in [-0.15, -0.1) is 10.2 Å². The van der Waals surface area contributed by atoms with Crippen molar-refractivity contribution in [1.82, 2.24) is 20.0 Å². The molecule has 174 valence electrons. The lowest BCUT2D eigenvalue weighted by Crippen LogP contribution is -2.36. The quantitative estimate of drug-likeness (QED) is 0.578. The minimum Gasteiger partial charge on any atom is -0.480 e. The number of benzene rings is 1. The molecule has 3 aromatic rings. The van der Waals surface area contributed by atoms with E-state index in [0.717, 1.165) is 12.3 Å². The van der Waals surface area contributed by atoms with Crippen molar-refractivity contribution in [1.29, 1.82) is 0 Å². The third-order valence-electron chi connectivity index (χ3n) is 4.89. The average Bonchev–Trinajstić information content (AvgIpc) is 3.26. The summed E-state index contributed by atoms with van der Waals surface area (Å²) in [6, 6.07) is 6.45. The highest BCUT2D eigenvalue weighted by Crippen LogP contribution is 2.34. The predicted molar refractivity (Wildman–Crippen MR) is 108 cm³/mol. The van der Waals surface area contributed by atoms with Crippen molar-refractivity contribution in [3.63, 3.8) is 0 Å². The molecule has 1 aliphatic heterocycles. The van der Waals surface area contributed by atoms with Crippen LogP contribution >= 0.6 is 0 Å². The Morgan fingerprint density at radius 1 is 1.15 bits per heavy atom. The smallest absolute Gasteiger partial charge is 0.434 e. The van der Waals surface area contributed by atoms with Gasteiger partial charge in [0.25, 0.3) is 5.91 Å². The zero-order valence-corrected chi connectivity index (χ0v) is 17.3. The Labute approximate surface area is 184 Å². The summed E-state index contributed by atoms with van der Waals surface area (Å²) < 4.78 is 66.5. The lowest BCUT2D eigenvalue weighted by atomic mass is 10.2. The summed E-state index contributed by atoms with van der Waals surface area (Å²) in [5, 5.41) is 13.2. The Morgan fingerprint density at radius 3 is 2.52 bits per heavy atom. The largest absolute Gasteiger partial charge is 0.480 e. The number of hydrogen-bond acceptors (Lipinski definition) is 7. The van der Waals surface area contributed by atoms with Crippen molar-refractivity contribution in [3.05, 3.63) is 53.6 Å². The molecule has 0 aliphatic carbocycles. The van der Waals surface area contributed by atoms with Gasteiger partial charge in [0.2, 0.25) is 5.88 Å². The predicted octanol–water partition coefficient (Wildman–Crippen LogP) is 2.92. The van der Waals surface area contributed by atoms with Gasteiger partial charge in [-0.3, -0.25) is 4.79 Å². The number of anilines is 2. The lowest BCUT2D eigenvalue weighted by Gasteiger charge is -2.29. The van der Waals surface area contributed by atoms with E-state index < -0.39 is 29.2 Å². The van der Waals surface area contributed by atoms with Crippen molar-refractivity contribution in [2.45, 2.75) is 6.18 Å². The van der Waals surface area contributed by atoms with Crippen molar-refractivity contribution in [2.75, 3.05) is 43.6 Å². The van der Waals surface area contributed by atoms with E-state index in [1.54, 1.807) is 4.90 Å². The van der Waals surface area contributed by atoms with Crippen LogP contribution in [0.3, 0.4) is 0 Å². The molecule has 9 nitrogen and oxygen atoms in total. The fraction of sp³-hybridized carbons (Fsp3) is 0.300. The van der Waals surface area contributed by atoms with Crippen LogP contribution in [-0.4, -0.2) is 59.3 Å². The van der Waals surface area contributed by atoms with Gasteiger partial charge in [0.05, 0.1) is 37.8 Å². The average molecular weight is 466 g/mol. The number of amides is 1. The van der Waals surface area contributed by atoms with Gasteiger partial charge < -0.3 is 19.7 Å². The summed E-state index contributed by atoms with van der Waals surface area (Å²) in [5.41, 5.74) is -1.78. The van der Waals surface area contributed by atoms with E-state index >= 15 is 0 Å². The van der Waals surface area contributed by atoms with Crippen LogP contribution in [0.5, 0.6) is 5.88 Å². The van der Waals surface area contributed by atoms with Crippen LogP contribution in [0.1, 0.15) is 16.1 Å². The molecule has 1 aliphatic rings. The molecule has 3 heterocycles. The van der Waals surface area contributed by atoms with Crippen LogP contribution in [0.4, 0.5) is 28.9 Å². The number of carbonyl (C=O) groups is 1. The zero-order valence-electron chi connectivity index (χ0n) is 17.3.